The molecule has 0 aliphatic heterocycles. The zero-order valence-corrected chi connectivity index (χ0v) is 11.5. The molecule has 2 atom stereocenters. The predicted octanol–water partition coefficient (Wildman–Crippen LogP) is 3.40. The first kappa shape index (κ1) is 14.5. The lowest BCUT2D eigenvalue weighted by molar-refractivity contribution is 0.237. The summed E-state index contributed by atoms with van der Waals surface area (Å²) in [5.41, 5.74) is 1.22. The molecule has 0 aromatic heterocycles. The lowest BCUT2D eigenvalue weighted by atomic mass is 9.99. The maximum absolute atomic E-state index is 9.05. The summed E-state index contributed by atoms with van der Waals surface area (Å²) in [6, 6.07) is 8.50. The third kappa shape index (κ3) is 4.66. The molecule has 96 valence electrons. The van der Waals surface area contributed by atoms with Gasteiger partial charge in [0.1, 0.15) is 0 Å². The van der Waals surface area contributed by atoms with Gasteiger partial charge in [0.15, 0.2) is 0 Å². The van der Waals surface area contributed by atoms with Gasteiger partial charge in [-0.1, -0.05) is 37.6 Å². The maximum atomic E-state index is 9.05. The molecule has 2 N–H and O–H groups in total. The van der Waals surface area contributed by atoms with E-state index in [1.54, 1.807) is 0 Å². The zero-order valence-electron chi connectivity index (χ0n) is 10.8. The van der Waals surface area contributed by atoms with Crippen LogP contribution in [0.3, 0.4) is 0 Å². The van der Waals surface area contributed by atoms with E-state index in [-0.39, 0.29) is 12.6 Å². The van der Waals surface area contributed by atoms with E-state index in [1.165, 1.54) is 5.56 Å². The molecule has 0 radical (unpaired) electrons. The van der Waals surface area contributed by atoms with Crippen molar-refractivity contribution < 1.29 is 5.11 Å². The Morgan fingerprint density at radius 1 is 1.18 bits per heavy atom. The minimum atomic E-state index is 0.225. The first-order valence-corrected chi connectivity index (χ1v) is 6.54. The second-order valence-electron chi connectivity index (χ2n) is 4.80. The fourth-order valence-corrected chi connectivity index (χ4v) is 2.04. The topological polar surface area (TPSA) is 32.3 Å². The second-order valence-corrected chi connectivity index (χ2v) is 5.24. The molecule has 0 bridgehead atoms. The summed E-state index contributed by atoms with van der Waals surface area (Å²) in [5.74, 6) is 0.511. The van der Waals surface area contributed by atoms with Crippen LogP contribution in [0.25, 0.3) is 0 Å². The first-order chi connectivity index (χ1) is 8.04. The van der Waals surface area contributed by atoms with Crippen molar-refractivity contribution >= 4 is 11.6 Å². The summed E-state index contributed by atoms with van der Waals surface area (Å²) in [6.45, 7) is 6.70. The molecule has 0 spiro atoms. The van der Waals surface area contributed by atoms with Gasteiger partial charge in [0.2, 0.25) is 0 Å². The first-order valence-electron chi connectivity index (χ1n) is 6.17. The van der Waals surface area contributed by atoms with E-state index in [0.717, 1.165) is 11.4 Å². The fourth-order valence-electron chi connectivity index (χ4n) is 1.92. The molecule has 1 aromatic rings. The van der Waals surface area contributed by atoms with E-state index in [2.05, 4.69) is 26.1 Å². The van der Waals surface area contributed by atoms with Crippen molar-refractivity contribution in [2.75, 3.05) is 6.61 Å². The minimum Gasteiger partial charge on any atom is -0.396 e. The quantitative estimate of drug-likeness (QED) is 0.817. The highest BCUT2D eigenvalue weighted by atomic mass is 35.5. The van der Waals surface area contributed by atoms with Crippen molar-refractivity contribution in [1.29, 1.82) is 0 Å². The third-order valence-corrected chi connectivity index (χ3v) is 3.33. The van der Waals surface area contributed by atoms with E-state index < -0.39 is 0 Å². The lowest BCUT2D eigenvalue weighted by Gasteiger charge is -2.26. The number of aliphatic hydroxyl groups excluding tert-OH is 1. The molecule has 0 fully saturated rings. The van der Waals surface area contributed by atoms with Gasteiger partial charge in [-0.3, -0.25) is 0 Å². The van der Waals surface area contributed by atoms with Crippen molar-refractivity contribution in [3.8, 4) is 0 Å². The van der Waals surface area contributed by atoms with Crippen LogP contribution in [-0.2, 0) is 0 Å². The van der Waals surface area contributed by atoms with E-state index in [9.17, 15) is 0 Å². The van der Waals surface area contributed by atoms with Crippen molar-refractivity contribution in [2.24, 2.45) is 5.92 Å². The van der Waals surface area contributed by atoms with Gasteiger partial charge in [0, 0.05) is 23.7 Å². The van der Waals surface area contributed by atoms with Crippen LogP contribution in [0.15, 0.2) is 24.3 Å². The van der Waals surface area contributed by atoms with Crippen LogP contribution >= 0.6 is 11.6 Å². The second kappa shape index (κ2) is 7.00. The number of rotatable bonds is 6. The van der Waals surface area contributed by atoms with Crippen molar-refractivity contribution in [2.45, 2.75) is 39.3 Å². The molecule has 0 saturated carbocycles. The van der Waals surface area contributed by atoms with E-state index in [0.29, 0.717) is 12.0 Å². The molecule has 0 saturated heterocycles. The molecule has 0 aliphatic carbocycles. The number of benzene rings is 1. The molecule has 0 aliphatic rings. The highest BCUT2D eigenvalue weighted by molar-refractivity contribution is 6.30. The molecule has 0 amide bonds. The van der Waals surface area contributed by atoms with Crippen molar-refractivity contribution in [1.82, 2.24) is 5.32 Å². The van der Waals surface area contributed by atoms with Gasteiger partial charge in [-0.2, -0.15) is 0 Å². The molecule has 1 rings (SSSR count). The highest BCUT2D eigenvalue weighted by Crippen LogP contribution is 2.18. The number of aliphatic hydroxyl groups is 1. The summed E-state index contributed by atoms with van der Waals surface area (Å²) in [5, 5.41) is 13.4. The van der Waals surface area contributed by atoms with Crippen LogP contribution in [0.4, 0.5) is 0 Å². The van der Waals surface area contributed by atoms with Gasteiger partial charge in [-0.15, -0.1) is 0 Å². The molecule has 2 nitrogen and oxygen atoms in total. The Hall–Kier alpha value is -0.570. The number of hydrogen-bond donors (Lipinski definition) is 2. The van der Waals surface area contributed by atoms with Crippen LogP contribution in [0.2, 0.25) is 5.02 Å². The monoisotopic (exact) mass is 255 g/mol. The zero-order chi connectivity index (χ0) is 12.8. The molecule has 17 heavy (non-hydrogen) atoms. The summed E-state index contributed by atoms with van der Waals surface area (Å²) in [6.07, 6.45) is 0.787. The average molecular weight is 256 g/mol. The fraction of sp³-hybridized carbons (Fsp3) is 0.571. The van der Waals surface area contributed by atoms with E-state index in [1.807, 2.05) is 24.3 Å². The maximum Gasteiger partial charge on any atom is 0.0445 e. The Kier molecular flexibility index (Phi) is 5.96. The molecule has 3 heteroatoms. The van der Waals surface area contributed by atoms with Gasteiger partial charge in [-0.25, -0.2) is 0 Å². The predicted molar refractivity (Wildman–Crippen MR) is 73.3 cm³/mol. The standard InChI is InChI=1S/C14H22ClNO/c1-10(2)14(8-9-17)16-11(3)12-4-6-13(15)7-5-12/h4-7,10-11,14,16-17H,8-9H2,1-3H3. The SMILES string of the molecule is CC(NC(CCO)C(C)C)c1ccc(Cl)cc1. The smallest absolute Gasteiger partial charge is 0.0445 e. The lowest BCUT2D eigenvalue weighted by Crippen LogP contribution is -2.36. The Bertz CT molecular complexity index is 323. The van der Waals surface area contributed by atoms with Crippen LogP contribution in [0, 0.1) is 5.92 Å². The summed E-state index contributed by atoms with van der Waals surface area (Å²) < 4.78 is 0. The van der Waals surface area contributed by atoms with Crippen LogP contribution in [0.1, 0.15) is 38.8 Å². The Labute approximate surface area is 109 Å². The van der Waals surface area contributed by atoms with Gasteiger partial charge in [-0.05, 0) is 37.0 Å². The van der Waals surface area contributed by atoms with Crippen LogP contribution in [-0.4, -0.2) is 17.8 Å². The summed E-state index contributed by atoms with van der Waals surface area (Å²) in [7, 11) is 0. The minimum absolute atomic E-state index is 0.225. The summed E-state index contributed by atoms with van der Waals surface area (Å²) >= 11 is 5.87. The van der Waals surface area contributed by atoms with Gasteiger partial charge < -0.3 is 10.4 Å². The van der Waals surface area contributed by atoms with Gasteiger partial charge in [0.05, 0.1) is 0 Å². The van der Waals surface area contributed by atoms with Crippen molar-refractivity contribution in [3.63, 3.8) is 0 Å². The number of nitrogens with one attached hydrogen (secondary N) is 1. The molecule has 2 unspecified atom stereocenters. The molecule has 0 heterocycles. The van der Waals surface area contributed by atoms with Gasteiger partial charge >= 0.3 is 0 Å². The largest absolute Gasteiger partial charge is 0.396 e. The Morgan fingerprint density at radius 3 is 2.24 bits per heavy atom. The average Bonchev–Trinajstić information content (AvgIpc) is 2.29. The van der Waals surface area contributed by atoms with Gasteiger partial charge in [0.25, 0.3) is 0 Å². The van der Waals surface area contributed by atoms with E-state index in [4.69, 9.17) is 16.7 Å². The van der Waals surface area contributed by atoms with E-state index >= 15 is 0 Å². The van der Waals surface area contributed by atoms with Crippen molar-refractivity contribution in [3.05, 3.63) is 34.9 Å². The third-order valence-electron chi connectivity index (χ3n) is 3.08. The van der Waals surface area contributed by atoms with Crippen LogP contribution < -0.4 is 5.32 Å². The number of halogens is 1. The normalized spacial score (nSPS) is 14.9. The summed E-state index contributed by atoms with van der Waals surface area (Å²) in [4.78, 5) is 0. The molecule has 1 aromatic carbocycles. The molecular weight excluding hydrogens is 234 g/mol. The molecular formula is C14H22ClNO. The highest BCUT2D eigenvalue weighted by Gasteiger charge is 2.16. The number of hydrogen-bond acceptors (Lipinski definition) is 2. The Balaban J connectivity index is 2.63. The van der Waals surface area contributed by atoms with Crippen LogP contribution in [0.5, 0.6) is 0 Å². The Morgan fingerprint density at radius 2 is 1.76 bits per heavy atom.